The van der Waals surface area contributed by atoms with E-state index >= 15 is 0 Å². The highest BCUT2D eigenvalue weighted by molar-refractivity contribution is 5.91. The lowest BCUT2D eigenvalue weighted by molar-refractivity contribution is 0.0331. The van der Waals surface area contributed by atoms with E-state index in [1.807, 2.05) is 19.9 Å². The molecule has 1 amide bonds. The van der Waals surface area contributed by atoms with E-state index in [4.69, 9.17) is 0 Å². The summed E-state index contributed by atoms with van der Waals surface area (Å²) < 4.78 is 1.61. The molecule has 2 aromatic rings. The molecule has 23 heavy (non-hydrogen) atoms. The number of hydrogen-bond donors (Lipinski definition) is 1. The van der Waals surface area contributed by atoms with Crippen LogP contribution in [0.5, 0.6) is 0 Å². The van der Waals surface area contributed by atoms with Gasteiger partial charge < -0.3 is 10.0 Å². The lowest BCUT2D eigenvalue weighted by atomic mass is 9.77. The number of carbonyl (C=O) groups excluding carboxylic acids is 1. The molecule has 0 aliphatic carbocycles. The predicted octanol–water partition coefficient (Wildman–Crippen LogP) is 1.37. The Morgan fingerprint density at radius 2 is 2.00 bits per heavy atom. The third-order valence-corrected chi connectivity index (χ3v) is 5.01. The van der Waals surface area contributed by atoms with Gasteiger partial charge in [0.25, 0.3) is 11.7 Å². The van der Waals surface area contributed by atoms with Crippen LogP contribution in [0.25, 0.3) is 5.78 Å². The van der Waals surface area contributed by atoms with Crippen LogP contribution >= 0.6 is 0 Å². The maximum Gasteiger partial charge on any atom is 0.293 e. The van der Waals surface area contributed by atoms with E-state index in [1.54, 1.807) is 9.42 Å². The number of hydrogen-bond acceptors (Lipinski definition) is 5. The molecule has 0 bridgehead atoms. The second-order valence-corrected chi connectivity index (χ2v) is 6.49. The fourth-order valence-corrected chi connectivity index (χ4v) is 3.21. The van der Waals surface area contributed by atoms with E-state index in [2.05, 4.69) is 22.0 Å². The molecule has 0 unspecified atom stereocenters. The van der Waals surface area contributed by atoms with Gasteiger partial charge in [0.1, 0.15) is 0 Å². The number of nitrogens with zero attached hydrogens (tertiary/aromatic N) is 5. The summed E-state index contributed by atoms with van der Waals surface area (Å²) in [5.74, 6) is 0.496. The Hall–Kier alpha value is -2.02. The van der Waals surface area contributed by atoms with Crippen LogP contribution in [0.2, 0.25) is 0 Å². The van der Waals surface area contributed by atoms with Gasteiger partial charge >= 0.3 is 0 Å². The van der Waals surface area contributed by atoms with Crippen molar-refractivity contribution in [1.29, 1.82) is 0 Å². The first kappa shape index (κ1) is 15.9. The minimum atomic E-state index is -0.157. The number of aryl methyl sites for hydroxylation is 2. The van der Waals surface area contributed by atoms with Gasteiger partial charge in [-0.25, -0.2) is 9.50 Å². The van der Waals surface area contributed by atoms with Gasteiger partial charge in [-0.15, -0.1) is 5.10 Å². The second kappa shape index (κ2) is 5.88. The van der Waals surface area contributed by atoms with Crippen molar-refractivity contribution in [2.75, 3.05) is 19.7 Å². The first-order valence-corrected chi connectivity index (χ1v) is 8.09. The lowest BCUT2D eigenvalue weighted by Crippen LogP contribution is -2.44. The maximum atomic E-state index is 12.7. The summed E-state index contributed by atoms with van der Waals surface area (Å²) >= 11 is 0. The first-order valence-electron chi connectivity index (χ1n) is 8.09. The normalized spacial score (nSPS) is 17.7. The number of rotatable bonds is 3. The molecule has 7 nitrogen and oxygen atoms in total. The molecule has 1 N–H and O–H groups in total. The number of piperidine rings is 1. The Morgan fingerprint density at radius 1 is 1.30 bits per heavy atom. The van der Waals surface area contributed by atoms with Gasteiger partial charge in [0.2, 0.25) is 5.82 Å². The van der Waals surface area contributed by atoms with E-state index < -0.39 is 0 Å². The highest BCUT2D eigenvalue weighted by Gasteiger charge is 2.35. The average molecular weight is 317 g/mol. The van der Waals surface area contributed by atoms with Crippen molar-refractivity contribution >= 4 is 11.7 Å². The Balaban J connectivity index is 1.80. The molecule has 124 valence electrons. The zero-order valence-electron chi connectivity index (χ0n) is 13.9. The van der Waals surface area contributed by atoms with Crippen molar-refractivity contribution in [2.45, 2.75) is 40.0 Å². The van der Waals surface area contributed by atoms with Crippen LogP contribution in [0.15, 0.2) is 6.07 Å². The van der Waals surface area contributed by atoms with Crippen molar-refractivity contribution < 1.29 is 9.90 Å². The van der Waals surface area contributed by atoms with Gasteiger partial charge in [0.05, 0.1) is 0 Å². The minimum Gasteiger partial charge on any atom is -0.396 e. The fourth-order valence-electron chi connectivity index (χ4n) is 3.21. The molecule has 1 aliphatic rings. The third kappa shape index (κ3) is 2.81. The van der Waals surface area contributed by atoms with Gasteiger partial charge in [-0.05, 0) is 44.6 Å². The van der Waals surface area contributed by atoms with Crippen LogP contribution in [0.1, 0.15) is 48.2 Å². The van der Waals surface area contributed by atoms with Crippen LogP contribution in [-0.2, 0) is 0 Å². The quantitative estimate of drug-likeness (QED) is 0.924. The van der Waals surface area contributed by atoms with Crippen LogP contribution in [0.3, 0.4) is 0 Å². The van der Waals surface area contributed by atoms with Gasteiger partial charge in [0, 0.05) is 31.1 Å². The number of aliphatic hydroxyl groups is 1. The molecule has 0 saturated carbocycles. The summed E-state index contributed by atoms with van der Waals surface area (Å²) in [5.41, 5.74) is 1.72. The van der Waals surface area contributed by atoms with E-state index in [-0.39, 0.29) is 23.8 Å². The topological polar surface area (TPSA) is 83.6 Å². The molecule has 1 fully saturated rings. The van der Waals surface area contributed by atoms with Gasteiger partial charge in [-0.3, -0.25) is 4.79 Å². The summed E-state index contributed by atoms with van der Waals surface area (Å²) in [5, 5.41) is 13.9. The third-order valence-electron chi connectivity index (χ3n) is 5.01. The Bertz CT molecular complexity index is 725. The van der Waals surface area contributed by atoms with Crippen molar-refractivity contribution in [3.8, 4) is 0 Å². The Morgan fingerprint density at radius 3 is 2.61 bits per heavy atom. The summed E-state index contributed by atoms with van der Waals surface area (Å²) in [6, 6.07) is 1.91. The minimum absolute atomic E-state index is 0.0433. The zero-order valence-corrected chi connectivity index (χ0v) is 13.9. The number of carbonyl (C=O) groups is 1. The number of fused-ring (bicyclic) bond motifs is 1. The number of likely N-dealkylation sites (tertiary alicyclic amines) is 1. The predicted molar refractivity (Wildman–Crippen MR) is 85.2 cm³/mol. The first-order chi connectivity index (χ1) is 11.0. The summed E-state index contributed by atoms with van der Waals surface area (Å²) in [7, 11) is 0. The Labute approximate surface area is 135 Å². The standard InChI is InChI=1S/C16H23N5O2/c1-4-16(10-22)5-7-20(8-6-16)14(23)13-18-15-17-11(2)9-12(3)21(15)19-13/h9,22H,4-8,10H2,1-3H3. The van der Waals surface area contributed by atoms with E-state index in [0.717, 1.165) is 30.7 Å². The molecule has 1 saturated heterocycles. The molecule has 3 heterocycles. The lowest BCUT2D eigenvalue weighted by Gasteiger charge is -2.39. The Kier molecular flexibility index (Phi) is 4.06. The smallest absolute Gasteiger partial charge is 0.293 e. The van der Waals surface area contributed by atoms with Crippen LogP contribution in [0, 0.1) is 19.3 Å². The van der Waals surface area contributed by atoms with Crippen molar-refractivity contribution in [2.24, 2.45) is 5.41 Å². The second-order valence-electron chi connectivity index (χ2n) is 6.49. The zero-order chi connectivity index (χ0) is 16.6. The molecule has 7 heteroatoms. The molecule has 3 rings (SSSR count). The summed E-state index contributed by atoms with van der Waals surface area (Å²) in [4.78, 5) is 23.0. The molecule has 0 spiro atoms. The van der Waals surface area contributed by atoms with Crippen molar-refractivity contribution in [1.82, 2.24) is 24.5 Å². The van der Waals surface area contributed by atoms with Crippen LogP contribution < -0.4 is 0 Å². The van der Waals surface area contributed by atoms with E-state index in [1.165, 1.54) is 0 Å². The summed E-state index contributed by atoms with van der Waals surface area (Å²) in [6.07, 6.45) is 2.56. The highest BCUT2D eigenvalue weighted by atomic mass is 16.3. The number of aromatic nitrogens is 4. The molecule has 0 aromatic carbocycles. The van der Waals surface area contributed by atoms with Gasteiger partial charge in [0.15, 0.2) is 0 Å². The fraction of sp³-hybridized carbons (Fsp3) is 0.625. The molecule has 0 atom stereocenters. The van der Waals surface area contributed by atoms with Gasteiger partial charge in [-0.1, -0.05) is 6.92 Å². The summed E-state index contributed by atoms with van der Waals surface area (Å²) in [6.45, 7) is 7.35. The number of aliphatic hydroxyl groups excluding tert-OH is 1. The molecular weight excluding hydrogens is 294 g/mol. The maximum absolute atomic E-state index is 12.7. The highest BCUT2D eigenvalue weighted by Crippen LogP contribution is 2.34. The van der Waals surface area contributed by atoms with Crippen LogP contribution in [-0.4, -0.2) is 55.2 Å². The number of amides is 1. The molecule has 2 aromatic heterocycles. The van der Waals surface area contributed by atoms with Crippen LogP contribution in [0.4, 0.5) is 0 Å². The van der Waals surface area contributed by atoms with E-state index in [0.29, 0.717) is 18.9 Å². The monoisotopic (exact) mass is 317 g/mol. The van der Waals surface area contributed by atoms with E-state index in [9.17, 15) is 9.90 Å². The molecular formula is C16H23N5O2. The SMILES string of the molecule is CCC1(CO)CCN(C(=O)c2nc3nc(C)cc(C)n3n2)CC1. The largest absolute Gasteiger partial charge is 0.396 e. The molecule has 1 aliphatic heterocycles. The van der Waals surface area contributed by atoms with Gasteiger partial charge in [-0.2, -0.15) is 4.98 Å². The molecule has 0 radical (unpaired) electrons. The van der Waals surface area contributed by atoms with Crippen molar-refractivity contribution in [3.05, 3.63) is 23.3 Å². The average Bonchev–Trinajstić information content (AvgIpc) is 2.98. The van der Waals surface area contributed by atoms with Crippen molar-refractivity contribution in [3.63, 3.8) is 0 Å².